The molecular formula is C26H26N2O3. The highest BCUT2D eigenvalue weighted by atomic mass is 16.5. The number of hydrogen-bond acceptors (Lipinski definition) is 4. The second-order valence-corrected chi connectivity index (χ2v) is 7.71. The van der Waals surface area contributed by atoms with Gasteiger partial charge in [-0.25, -0.2) is 0 Å². The van der Waals surface area contributed by atoms with Crippen molar-refractivity contribution in [2.75, 3.05) is 18.0 Å². The van der Waals surface area contributed by atoms with Gasteiger partial charge in [-0.1, -0.05) is 36.4 Å². The van der Waals surface area contributed by atoms with E-state index in [0.717, 1.165) is 55.0 Å². The topological polar surface area (TPSA) is 58.6 Å². The smallest absolute Gasteiger partial charge is 0.223 e. The number of nitrogens with zero attached hydrogens (tertiary/aromatic N) is 1. The Morgan fingerprint density at radius 1 is 0.935 bits per heavy atom. The van der Waals surface area contributed by atoms with Crippen molar-refractivity contribution < 1.29 is 14.3 Å². The lowest BCUT2D eigenvalue weighted by Gasteiger charge is -2.33. The lowest BCUT2D eigenvalue weighted by molar-refractivity contribution is -0.125. The second-order valence-electron chi connectivity index (χ2n) is 7.71. The molecule has 1 heterocycles. The average Bonchev–Trinajstić information content (AvgIpc) is 2.84. The first kappa shape index (κ1) is 20.7. The lowest BCUT2D eigenvalue weighted by atomic mass is 9.95. The maximum Gasteiger partial charge on any atom is 0.223 e. The minimum atomic E-state index is 0.00713. The van der Waals surface area contributed by atoms with Crippen molar-refractivity contribution in [1.29, 1.82) is 0 Å². The summed E-state index contributed by atoms with van der Waals surface area (Å²) < 4.78 is 5.99. The van der Waals surface area contributed by atoms with Crippen LogP contribution in [-0.2, 0) is 11.3 Å². The highest BCUT2D eigenvalue weighted by molar-refractivity contribution is 5.79. The Morgan fingerprint density at radius 3 is 2.32 bits per heavy atom. The van der Waals surface area contributed by atoms with Crippen molar-refractivity contribution in [1.82, 2.24) is 5.32 Å². The summed E-state index contributed by atoms with van der Waals surface area (Å²) in [4.78, 5) is 25.8. The Kier molecular flexibility index (Phi) is 6.62. The van der Waals surface area contributed by atoms with E-state index in [4.69, 9.17) is 4.74 Å². The fourth-order valence-electron chi connectivity index (χ4n) is 3.86. The van der Waals surface area contributed by atoms with E-state index in [-0.39, 0.29) is 11.8 Å². The standard InChI is InChI=1S/C26H26N2O3/c29-19-20-10-12-23(13-11-20)28-16-14-21(15-17-28)26(30)27-18-22-6-4-5-9-25(22)31-24-7-2-1-3-8-24/h1-13,19,21H,14-18H2,(H,27,30). The molecule has 3 aromatic carbocycles. The van der Waals surface area contributed by atoms with E-state index in [1.54, 1.807) is 0 Å². The van der Waals surface area contributed by atoms with Crippen molar-refractivity contribution in [3.63, 3.8) is 0 Å². The molecule has 4 rings (SSSR count). The number of anilines is 1. The molecule has 1 aliphatic heterocycles. The summed E-state index contributed by atoms with van der Waals surface area (Å²) in [6.07, 6.45) is 2.47. The number of carbonyl (C=O) groups excluding carboxylic acids is 2. The van der Waals surface area contributed by atoms with E-state index in [1.807, 2.05) is 78.9 Å². The maximum absolute atomic E-state index is 12.8. The number of carbonyl (C=O) groups is 2. The molecule has 158 valence electrons. The summed E-state index contributed by atoms with van der Waals surface area (Å²) in [6.45, 7) is 2.09. The molecule has 0 radical (unpaired) electrons. The van der Waals surface area contributed by atoms with E-state index in [9.17, 15) is 9.59 Å². The van der Waals surface area contributed by atoms with Gasteiger partial charge in [0.2, 0.25) is 5.91 Å². The van der Waals surface area contributed by atoms with Crippen LogP contribution in [0.4, 0.5) is 5.69 Å². The predicted molar refractivity (Wildman–Crippen MR) is 122 cm³/mol. The molecule has 0 unspecified atom stereocenters. The van der Waals surface area contributed by atoms with Gasteiger partial charge in [-0.2, -0.15) is 0 Å². The van der Waals surface area contributed by atoms with Gasteiger partial charge in [0.15, 0.2) is 0 Å². The third-order valence-electron chi connectivity index (χ3n) is 5.66. The Morgan fingerprint density at radius 2 is 1.61 bits per heavy atom. The van der Waals surface area contributed by atoms with Gasteiger partial charge < -0.3 is 15.0 Å². The molecule has 0 spiro atoms. The minimum absolute atomic E-state index is 0.00713. The highest BCUT2D eigenvalue weighted by Crippen LogP contribution is 2.26. The Balaban J connectivity index is 1.30. The van der Waals surface area contributed by atoms with Crippen molar-refractivity contribution in [2.24, 2.45) is 5.92 Å². The largest absolute Gasteiger partial charge is 0.457 e. The normalized spacial score (nSPS) is 14.1. The number of amides is 1. The molecule has 0 aromatic heterocycles. The zero-order valence-electron chi connectivity index (χ0n) is 17.4. The van der Waals surface area contributed by atoms with E-state index in [0.29, 0.717) is 12.1 Å². The molecular weight excluding hydrogens is 388 g/mol. The quantitative estimate of drug-likeness (QED) is 0.563. The number of nitrogens with one attached hydrogen (secondary N) is 1. The fourth-order valence-corrected chi connectivity index (χ4v) is 3.86. The molecule has 0 aliphatic carbocycles. The zero-order valence-corrected chi connectivity index (χ0v) is 17.4. The number of piperidine rings is 1. The van der Waals surface area contributed by atoms with E-state index < -0.39 is 0 Å². The van der Waals surface area contributed by atoms with E-state index in [1.165, 1.54) is 0 Å². The van der Waals surface area contributed by atoms with Crippen LogP contribution in [-0.4, -0.2) is 25.3 Å². The first-order valence-electron chi connectivity index (χ1n) is 10.6. The van der Waals surface area contributed by atoms with E-state index >= 15 is 0 Å². The molecule has 5 nitrogen and oxygen atoms in total. The molecule has 3 aromatic rings. The molecule has 0 atom stereocenters. The van der Waals surface area contributed by atoms with Crippen LogP contribution in [0.1, 0.15) is 28.8 Å². The Hall–Kier alpha value is -3.60. The molecule has 1 fully saturated rings. The van der Waals surface area contributed by atoms with Gasteiger partial charge in [0, 0.05) is 42.4 Å². The number of para-hydroxylation sites is 2. The van der Waals surface area contributed by atoms with E-state index in [2.05, 4.69) is 10.2 Å². The predicted octanol–water partition coefficient (Wildman–Crippen LogP) is 4.82. The highest BCUT2D eigenvalue weighted by Gasteiger charge is 2.25. The average molecular weight is 415 g/mol. The van der Waals surface area contributed by atoms with Gasteiger partial charge in [-0.05, 0) is 55.3 Å². The number of ether oxygens (including phenoxy) is 1. The van der Waals surface area contributed by atoms with Gasteiger partial charge in [0.25, 0.3) is 0 Å². The number of rotatable bonds is 7. The van der Waals surface area contributed by atoms with Crippen LogP contribution < -0.4 is 15.0 Å². The third kappa shape index (κ3) is 5.31. The van der Waals surface area contributed by atoms with Gasteiger partial charge in [-0.3, -0.25) is 9.59 Å². The summed E-state index contributed by atoms with van der Waals surface area (Å²) >= 11 is 0. The first-order valence-corrected chi connectivity index (χ1v) is 10.6. The Labute approximate surface area is 182 Å². The molecule has 0 saturated carbocycles. The van der Waals surface area contributed by atoms with Crippen molar-refractivity contribution >= 4 is 17.9 Å². The fraction of sp³-hybridized carbons (Fsp3) is 0.231. The zero-order chi connectivity index (χ0) is 21.5. The summed E-state index contributed by atoms with van der Waals surface area (Å²) in [5, 5.41) is 3.09. The molecule has 5 heteroatoms. The van der Waals surface area contributed by atoms with Gasteiger partial charge in [0.1, 0.15) is 17.8 Å². The monoisotopic (exact) mass is 414 g/mol. The summed E-state index contributed by atoms with van der Waals surface area (Å²) in [5.74, 6) is 1.62. The van der Waals surface area contributed by atoms with Crippen molar-refractivity contribution in [2.45, 2.75) is 19.4 Å². The van der Waals surface area contributed by atoms with Crippen LogP contribution in [0.2, 0.25) is 0 Å². The second kappa shape index (κ2) is 9.94. The Bertz CT molecular complexity index is 1010. The minimum Gasteiger partial charge on any atom is -0.457 e. The number of hydrogen-bond donors (Lipinski definition) is 1. The van der Waals surface area contributed by atoms with Crippen LogP contribution in [0.5, 0.6) is 11.5 Å². The third-order valence-corrected chi connectivity index (χ3v) is 5.66. The molecule has 1 aliphatic rings. The van der Waals surface area contributed by atoms with Crippen molar-refractivity contribution in [3.8, 4) is 11.5 Å². The molecule has 1 saturated heterocycles. The summed E-state index contributed by atoms with van der Waals surface area (Å²) in [7, 11) is 0. The number of benzene rings is 3. The lowest BCUT2D eigenvalue weighted by Crippen LogP contribution is -2.40. The van der Waals surface area contributed by atoms with Crippen molar-refractivity contribution in [3.05, 3.63) is 90.0 Å². The molecule has 0 bridgehead atoms. The molecule has 31 heavy (non-hydrogen) atoms. The first-order chi connectivity index (χ1) is 15.2. The van der Waals surface area contributed by atoms with Crippen LogP contribution in [0.25, 0.3) is 0 Å². The van der Waals surface area contributed by atoms with Gasteiger partial charge in [-0.15, -0.1) is 0 Å². The summed E-state index contributed by atoms with van der Waals surface area (Å²) in [6, 6.07) is 25.0. The molecule has 1 amide bonds. The maximum atomic E-state index is 12.8. The summed E-state index contributed by atoms with van der Waals surface area (Å²) in [5.41, 5.74) is 2.72. The van der Waals surface area contributed by atoms with Crippen LogP contribution in [0.3, 0.4) is 0 Å². The van der Waals surface area contributed by atoms with Crippen LogP contribution in [0.15, 0.2) is 78.9 Å². The van der Waals surface area contributed by atoms with Crippen LogP contribution in [0, 0.1) is 5.92 Å². The van der Waals surface area contributed by atoms with Crippen LogP contribution >= 0.6 is 0 Å². The van der Waals surface area contributed by atoms with Gasteiger partial charge in [0.05, 0.1) is 0 Å². The SMILES string of the molecule is O=Cc1ccc(N2CCC(C(=O)NCc3ccccc3Oc3ccccc3)CC2)cc1. The number of aldehydes is 1. The van der Waals surface area contributed by atoms with Gasteiger partial charge >= 0.3 is 0 Å². The molecule has 1 N–H and O–H groups in total.